The van der Waals surface area contributed by atoms with Crippen LogP contribution in [0.1, 0.15) is 27.3 Å². The highest BCUT2D eigenvalue weighted by Crippen LogP contribution is 2.17. The first-order valence-electron chi connectivity index (χ1n) is 5.97. The van der Waals surface area contributed by atoms with Crippen molar-refractivity contribution < 1.29 is 14.7 Å². The van der Waals surface area contributed by atoms with Gasteiger partial charge in [0.2, 0.25) is 0 Å². The molecule has 0 atom stereocenters. The minimum atomic E-state index is -1.11. The highest BCUT2D eigenvalue weighted by Gasteiger charge is 2.15. The Labute approximate surface area is 119 Å². The van der Waals surface area contributed by atoms with Crippen LogP contribution in [-0.2, 0) is 6.54 Å². The molecule has 20 heavy (non-hydrogen) atoms. The number of carbonyl (C=O) groups is 2. The van der Waals surface area contributed by atoms with E-state index in [4.69, 9.17) is 5.11 Å². The summed E-state index contributed by atoms with van der Waals surface area (Å²) >= 11 is 1.58. The number of H-pyrrole nitrogens is 1. The number of carboxylic acid groups (broad SMARTS) is 1. The second-order valence-electron chi connectivity index (χ2n) is 4.43. The van der Waals surface area contributed by atoms with Gasteiger partial charge in [-0.15, -0.1) is 0 Å². The van der Waals surface area contributed by atoms with Crippen LogP contribution in [-0.4, -0.2) is 22.1 Å². The summed E-state index contributed by atoms with van der Waals surface area (Å²) in [5.74, 6) is -1.11. The topological polar surface area (TPSA) is 94.2 Å². The molecule has 0 unspecified atom stereocenters. The molecule has 0 saturated carbocycles. The first-order chi connectivity index (χ1) is 9.47. The average Bonchev–Trinajstić information content (AvgIpc) is 2.93. The molecule has 6 nitrogen and oxygen atoms in total. The molecule has 0 aromatic carbocycles. The van der Waals surface area contributed by atoms with E-state index in [9.17, 15) is 9.59 Å². The summed E-state index contributed by atoms with van der Waals surface area (Å²) in [7, 11) is 0. The minimum Gasteiger partial charge on any atom is -0.477 e. The number of aromatic amines is 1. The van der Waals surface area contributed by atoms with E-state index in [0.717, 1.165) is 11.1 Å². The molecule has 2 amide bonds. The molecule has 2 aromatic rings. The Morgan fingerprint density at radius 2 is 2.10 bits per heavy atom. The minimum absolute atomic E-state index is 0.0237. The fourth-order valence-electron chi connectivity index (χ4n) is 1.77. The van der Waals surface area contributed by atoms with E-state index >= 15 is 0 Å². The van der Waals surface area contributed by atoms with Crippen molar-refractivity contribution in [1.82, 2.24) is 10.3 Å². The van der Waals surface area contributed by atoms with Gasteiger partial charge in [0, 0.05) is 12.2 Å². The monoisotopic (exact) mass is 293 g/mol. The van der Waals surface area contributed by atoms with Crippen molar-refractivity contribution in [3.8, 4) is 0 Å². The van der Waals surface area contributed by atoms with E-state index < -0.39 is 12.0 Å². The summed E-state index contributed by atoms with van der Waals surface area (Å²) in [6.07, 6.45) is 0. The number of hydrogen-bond donors (Lipinski definition) is 4. The lowest BCUT2D eigenvalue weighted by molar-refractivity contribution is 0.0692. The predicted molar refractivity (Wildman–Crippen MR) is 77.4 cm³/mol. The largest absolute Gasteiger partial charge is 0.477 e. The molecular weight excluding hydrogens is 278 g/mol. The second kappa shape index (κ2) is 5.79. The number of thiophene rings is 1. The van der Waals surface area contributed by atoms with Crippen LogP contribution in [0.15, 0.2) is 16.8 Å². The number of aromatic nitrogens is 1. The Hall–Kier alpha value is -2.28. The summed E-state index contributed by atoms with van der Waals surface area (Å²) in [5, 5.41) is 18.2. The second-order valence-corrected chi connectivity index (χ2v) is 5.18. The first kappa shape index (κ1) is 14.1. The molecule has 106 valence electrons. The Kier molecular flexibility index (Phi) is 4.09. The van der Waals surface area contributed by atoms with Crippen LogP contribution in [0.4, 0.5) is 10.5 Å². The van der Waals surface area contributed by atoms with Crippen molar-refractivity contribution in [3.63, 3.8) is 0 Å². The molecule has 0 bridgehead atoms. The maximum Gasteiger partial charge on any atom is 0.354 e. The van der Waals surface area contributed by atoms with Crippen molar-refractivity contribution in [2.45, 2.75) is 20.4 Å². The number of carboxylic acids is 1. The van der Waals surface area contributed by atoms with Gasteiger partial charge in [0.05, 0.1) is 5.69 Å². The van der Waals surface area contributed by atoms with Gasteiger partial charge in [-0.25, -0.2) is 9.59 Å². The van der Waals surface area contributed by atoms with Gasteiger partial charge in [0.15, 0.2) is 0 Å². The van der Waals surface area contributed by atoms with Gasteiger partial charge in [-0.2, -0.15) is 11.3 Å². The van der Waals surface area contributed by atoms with Crippen LogP contribution in [0.3, 0.4) is 0 Å². The molecule has 2 aromatic heterocycles. The van der Waals surface area contributed by atoms with E-state index in [1.54, 1.807) is 24.3 Å². The maximum absolute atomic E-state index is 11.8. The zero-order chi connectivity index (χ0) is 14.7. The van der Waals surface area contributed by atoms with Crippen molar-refractivity contribution in [2.75, 3.05) is 5.32 Å². The third-order valence-electron chi connectivity index (χ3n) is 2.82. The summed E-state index contributed by atoms with van der Waals surface area (Å²) in [4.78, 5) is 25.5. The molecule has 0 aliphatic heterocycles. The third kappa shape index (κ3) is 3.18. The number of hydrogen-bond acceptors (Lipinski definition) is 3. The Morgan fingerprint density at radius 1 is 1.35 bits per heavy atom. The molecule has 0 spiro atoms. The van der Waals surface area contributed by atoms with E-state index in [0.29, 0.717) is 12.2 Å². The lowest BCUT2D eigenvalue weighted by Gasteiger charge is -2.07. The first-order valence-corrected chi connectivity index (χ1v) is 6.91. The SMILES string of the molecule is Cc1cc(NC(=O)NCc2cscc2C)c(C(=O)O)[nH]1. The molecule has 7 heteroatoms. The van der Waals surface area contributed by atoms with Crippen LogP contribution in [0, 0.1) is 13.8 Å². The molecule has 0 fully saturated rings. The molecule has 2 heterocycles. The average molecular weight is 293 g/mol. The lowest BCUT2D eigenvalue weighted by atomic mass is 10.2. The number of aryl methyl sites for hydroxylation is 2. The quantitative estimate of drug-likeness (QED) is 0.698. The zero-order valence-corrected chi connectivity index (χ0v) is 11.9. The Balaban J connectivity index is 1.98. The zero-order valence-electron chi connectivity index (χ0n) is 11.1. The van der Waals surface area contributed by atoms with Crippen LogP contribution in [0.2, 0.25) is 0 Å². The predicted octanol–water partition coefficient (Wildman–Crippen LogP) is 2.71. The molecule has 0 radical (unpaired) electrons. The van der Waals surface area contributed by atoms with Crippen molar-refractivity contribution in [3.05, 3.63) is 39.3 Å². The van der Waals surface area contributed by atoms with Crippen molar-refractivity contribution in [2.24, 2.45) is 0 Å². The van der Waals surface area contributed by atoms with Gasteiger partial charge in [-0.3, -0.25) is 0 Å². The summed E-state index contributed by atoms with van der Waals surface area (Å²) < 4.78 is 0. The number of urea groups is 1. The van der Waals surface area contributed by atoms with Gasteiger partial charge in [-0.05, 0) is 41.8 Å². The van der Waals surface area contributed by atoms with Crippen LogP contribution in [0.5, 0.6) is 0 Å². The van der Waals surface area contributed by atoms with Crippen LogP contribution in [0.25, 0.3) is 0 Å². The van der Waals surface area contributed by atoms with Gasteiger partial charge in [0.25, 0.3) is 0 Å². The Bertz CT molecular complexity index is 645. The van der Waals surface area contributed by atoms with Gasteiger partial charge in [0.1, 0.15) is 5.69 Å². The van der Waals surface area contributed by atoms with E-state index in [-0.39, 0.29) is 11.4 Å². The number of anilines is 1. The number of carbonyl (C=O) groups excluding carboxylic acids is 1. The smallest absolute Gasteiger partial charge is 0.354 e. The third-order valence-corrected chi connectivity index (χ3v) is 3.73. The molecule has 2 rings (SSSR count). The number of amides is 2. The van der Waals surface area contributed by atoms with E-state index in [2.05, 4.69) is 15.6 Å². The normalized spacial score (nSPS) is 10.3. The fraction of sp³-hybridized carbons (Fsp3) is 0.231. The number of aromatic carboxylic acids is 1. The summed E-state index contributed by atoms with van der Waals surface area (Å²) in [5.41, 5.74) is 3.08. The highest BCUT2D eigenvalue weighted by molar-refractivity contribution is 7.08. The molecule has 0 aliphatic carbocycles. The van der Waals surface area contributed by atoms with Crippen LogP contribution >= 0.6 is 11.3 Å². The van der Waals surface area contributed by atoms with Crippen molar-refractivity contribution >= 4 is 29.0 Å². The number of nitrogens with one attached hydrogen (secondary N) is 3. The number of rotatable bonds is 4. The van der Waals surface area contributed by atoms with Crippen molar-refractivity contribution in [1.29, 1.82) is 0 Å². The lowest BCUT2D eigenvalue weighted by Crippen LogP contribution is -2.28. The molecule has 0 aliphatic rings. The van der Waals surface area contributed by atoms with Gasteiger partial charge < -0.3 is 20.7 Å². The van der Waals surface area contributed by atoms with Crippen LogP contribution < -0.4 is 10.6 Å². The summed E-state index contributed by atoms with van der Waals surface area (Å²) in [6.45, 7) is 4.11. The summed E-state index contributed by atoms with van der Waals surface area (Å²) in [6, 6.07) is 1.15. The molecule has 0 saturated heterocycles. The standard InChI is InChI=1S/C13H15N3O3S/c1-7-5-20-6-9(7)4-14-13(19)16-10-3-8(2)15-11(10)12(17)18/h3,5-6,15H,4H2,1-2H3,(H,17,18)(H2,14,16,19). The highest BCUT2D eigenvalue weighted by atomic mass is 32.1. The molecule has 4 N–H and O–H groups in total. The maximum atomic E-state index is 11.8. The van der Waals surface area contributed by atoms with E-state index in [1.165, 1.54) is 0 Å². The van der Waals surface area contributed by atoms with Gasteiger partial charge >= 0.3 is 12.0 Å². The molecular formula is C13H15N3O3S. The fourth-order valence-corrected chi connectivity index (χ4v) is 2.62. The van der Waals surface area contributed by atoms with Gasteiger partial charge in [-0.1, -0.05) is 0 Å². The van der Waals surface area contributed by atoms with E-state index in [1.807, 2.05) is 17.7 Å². The Morgan fingerprint density at radius 3 is 2.70 bits per heavy atom.